The summed E-state index contributed by atoms with van der Waals surface area (Å²) < 4.78 is 1.56. The SMILES string of the molecule is C=Cc1sc(=O)n(C)c1C=C. The highest BCUT2D eigenvalue weighted by Crippen LogP contribution is 2.13. The molecule has 0 aliphatic rings. The van der Waals surface area contributed by atoms with E-state index in [9.17, 15) is 4.79 Å². The molecule has 0 aliphatic heterocycles. The van der Waals surface area contributed by atoms with Crippen LogP contribution in [0.3, 0.4) is 0 Å². The van der Waals surface area contributed by atoms with Gasteiger partial charge in [-0.05, 0) is 12.2 Å². The molecule has 0 aliphatic carbocycles. The highest BCUT2D eigenvalue weighted by Gasteiger charge is 2.04. The molecule has 0 bridgehead atoms. The van der Waals surface area contributed by atoms with Crippen LogP contribution in [0.5, 0.6) is 0 Å². The molecule has 2 nitrogen and oxygen atoms in total. The number of hydrogen-bond acceptors (Lipinski definition) is 2. The quantitative estimate of drug-likeness (QED) is 0.657. The predicted octanol–water partition coefficient (Wildman–Crippen LogP) is 1.73. The summed E-state index contributed by atoms with van der Waals surface area (Å²) in [5, 5.41) is 0. The van der Waals surface area contributed by atoms with E-state index < -0.39 is 0 Å². The lowest BCUT2D eigenvalue weighted by molar-refractivity contribution is 0.883. The van der Waals surface area contributed by atoms with E-state index in [2.05, 4.69) is 13.2 Å². The van der Waals surface area contributed by atoms with Crippen molar-refractivity contribution in [2.45, 2.75) is 0 Å². The first-order valence-corrected chi connectivity index (χ1v) is 3.97. The summed E-state index contributed by atoms with van der Waals surface area (Å²) in [6, 6.07) is 0. The zero-order valence-corrected chi connectivity index (χ0v) is 7.15. The van der Waals surface area contributed by atoms with Gasteiger partial charge in [0.1, 0.15) is 0 Å². The van der Waals surface area contributed by atoms with Gasteiger partial charge in [0, 0.05) is 7.05 Å². The van der Waals surface area contributed by atoms with Crippen molar-refractivity contribution in [3.63, 3.8) is 0 Å². The smallest absolute Gasteiger partial charge is 0.302 e. The molecule has 1 heterocycles. The van der Waals surface area contributed by atoms with Gasteiger partial charge >= 0.3 is 4.87 Å². The van der Waals surface area contributed by atoms with Crippen LogP contribution in [-0.2, 0) is 7.05 Å². The summed E-state index contributed by atoms with van der Waals surface area (Å²) in [4.78, 5) is 12.0. The van der Waals surface area contributed by atoms with E-state index in [-0.39, 0.29) is 4.87 Å². The van der Waals surface area contributed by atoms with Gasteiger partial charge < -0.3 is 4.57 Å². The summed E-state index contributed by atoms with van der Waals surface area (Å²) >= 11 is 1.18. The average Bonchev–Trinajstić information content (AvgIpc) is 2.28. The van der Waals surface area contributed by atoms with Gasteiger partial charge in [0.05, 0.1) is 10.6 Å². The molecule has 0 spiro atoms. The van der Waals surface area contributed by atoms with Crippen molar-refractivity contribution < 1.29 is 0 Å². The van der Waals surface area contributed by atoms with Gasteiger partial charge in [-0.2, -0.15) is 0 Å². The average molecular weight is 167 g/mol. The van der Waals surface area contributed by atoms with Crippen LogP contribution in [-0.4, -0.2) is 4.57 Å². The van der Waals surface area contributed by atoms with Gasteiger partial charge in [0.15, 0.2) is 0 Å². The second-order valence-corrected chi connectivity index (χ2v) is 3.08. The Balaban J connectivity index is 3.49. The Kier molecular flexibility index (Phi) is 2.10. The van der Waals surface area contributed by atoms with Gasteiger partial charge in [-0.1, -0.05) is 24.5 Å². The van der Waals surface area contributed by atoms with Crippen LogP contribution in [0.2, 0.25) is 0 Å². The summed E-state index contributed by atoms with van der Waals surface area (Å²) in [7, 11) is 1.73. The molecule has 0 saturated heterocycles. The van der Waals surface area contributed by atoms with E-state index >= 15 is 0 Å². The standard InChI is InChI=1S/C8H9NOS/c1-4-6-7(5-2)11-8(10)9(6)3/h4-5H,1-2H2,3H3. The normalized spacial score (nSPS) is 9.55. The van der Waals surface area contributed by atoms with Crippen LogP contribution >= 0.6 is 11.3 Å². The first-order valence-electron chi connectivity index (χ1n) is 3.15. The van der Waals surface area contributed by atoms with Crippen LogP contribution in [0.15, 0.2) is 18.0 Å². The number of thiazole rings is 1. The molecule has 0 radical (unpaired) electrons. The zero-order valence-electron chi connectivity index (χ0n) is 6.33. The van der Waals surface area contributed by atoms with E-state index in [0.29, 0.717) is 0 Å². The Bertz CT molecular complexity index is 345. The Hall–Kier alpha value is -1.09. The molecule has 58 valence electrons. The van der Waals surface area contributed by atoms with Crippen molar-refractivity contribution >= 4 is 23.5 Å². The molecule has 0 aromatic carbocycles. The second-order valence-electron chi connectivity index (χ2n) is 2.08. The Morgan fingerprint density at radius 1 is 1.45 bits per heavy atom. The third-order valence-corrected chi connectivity index (χ3v) is 2.51. The first kappa shape index (κ1) is 8.01. The molecule has 0 fully saturated rings. The number of hydrogen-bond donors (Lipinski definition) is 0. The highest BCUT2D eigenvalue weighted by molar-refractivity contribution is 7.10. The van der Waals surface area contributed by atoms with Gasteiger partial charge in [0.2, 0.25) is 0 Å². The maximum Gasteiger partial charge on any atom is 0.307 e. The predicted molar refractivity (Wildman–Crippen MR) is 49.7 cm³/mol. The van der Waals surface area contributed by atoms with E-state index in [1.165, 1.54) is 11.3 Å². The summed E-state index contributed by atoms with van der Waals surface area (Å²) in [5.41, 5.74) is 0.843. The second kappa shape index (κ2) is 2.88. The maximum atomic E-state index is 11.1. The van der Waals surface area contributed by atoms with Crippen LogP contribution in [0.4, 0.5) is 0 Å². The lowest BCUT2D eigenvalue weighted by atomic mass is 10.3. The zero-order chi connectivity index (χ0) is 8.43. The van der Waals surface area contributed by atoms with Crippen LogP contribution in [0.25, 0.3) is 12.2 Å². The fourth-order valence-corrected chi connectivity index (χ4v) is 1.69. The molecule has 0 amide bonds. The first-order chi connectivity index (χ1) is 5.20. The van der Waals surface area contributed by atoms with E-state index in [4.69, 9.17) is 0 Å². The number of aromatic nitrogens is 1. The van der Waals surface area contributed by atoms with Gasteiger partial charge in [-0.15, -0.1) is 0 Å². The number of nitrogens with zero attached hydrogens (tertiary/aromatic N) is 1. The lowest BCUT2D eigenvalue weighted by Gasteiger charge is -1.93. The van der Waals surface area contributed by atoms with Gasteiger partial charge in [-0.3, -0.25) is 4.79 Å². The van der Waals surface area contributed by atoms with E-state index in [1.54, 1.807) is 23.8 Å². The molecular formula is C8H9NOS. The molecule has 0 N–H and O–H groups in total. The minimum Gasteiger partial charge on any atom is -0.302 e. The molecule has 3 heteroatoms. The summed E-state index contributed by atoms with van der Waals surface area (Å²) in [6.45, 7) is 7.22. The molecule has 0 saturated carbocycles. The van der Waals surface area contributed by atoms with Crippen molar-refractivity contribution in [3.8, 4) is 0 Å². The van der Waals surface area contributed by atoms with Crippen molar-refractivity contribution in [1.29, 1.82) is 0 Å². The molecular weight excluding hydrogens is 158 g/mol. The lowest BCUT2D eigenvalue weighted by Crippen LogP contribution is -2.08. The fraction of sp³-hybridized carbons (Fsp3) is 0.125. The third-order valence-electron chi connectivity index (χ3n) is 1.46. The number of rotatable bonds is 2. The topological polar surface area (TPSA) is 22.0 Å². The molecule has 0 atom stereocenters. The molecule has 1 aromatic heterocycles. The van der Waals surface area contributed by atoms with Crippen molar-refractivity contribution in [2.75, 3.05) is 0 Å². The van der Waals surface area contributed by atoms with Crippen LogP contribution in [0, 0.1) is 0 Å². The van der Waals surface area contributed by atoms with Crippen LogP contribution in [0.1, 0.15) is 10.6 Å². The van der Waals surface area contributed by atoms with Crippen molar-refractivity contribution in [1.82, 2.24) is 4.57 Å². The third kappa shape index (κ3) is 1.19. The maximum absolute atomic E-state index is 11.1. The highest BCUT2D eigenvalue weighted by atomic mass is 32.1. The fourth-order valence-electron chi connectivity index (χ4n) is 0.862. The Morgan fingerprint density at radius 3 is 2.45 bits per heavy atom. The molecule has 11 heavy (non-hydrogen) atoms. The van der Waals surface area contributed by atoms with Crippen LogP contribution < -0.4 is 4.87 Å². The summed E-state index contributed by atoms with van der Waals surface area (Å²) in [5.74, 6) is 0. The van der Waals surface area contributed by atoms with Crippen molar-refractivity contribution in [3.05, 3.63) is 33.4 Å². The molecule has 1 aromatic rings. The largest absolute Gasteiger partial charge is 0.307 e. The molecule has 0 unspecified atom stereocenters. The minimum absolute atomic E-state index is 0.0230. The van der Waals surface area contributed by atoms with Gasteiger partial charge in [0.25, 0.3) is 0 Å². The monoisotopic (exact) mass is 167 g/mol. The van der Waals surface area contributed by atoms with E-state index in [1.807, 2.05) is 0 Å². The van der Waals surface area contributed by atoms with E-state index in [0.717, 1.165) is 10.6 Å². The summed E-state index contributed by atoms with van der Waals surface area (Å²) in [6.07, 6.45) is 3.33. The van der Waals surface area contributed by atoms with Crippen molar-refractivity contribution in [2.24, 2.45) is 7.05 Å². The van der Waals surface area contributed by atoms with Gasteiger partial charge in [-0.25, -0.2) is 0 Å². The Morgan fingerprint density at radius 2 is 2.09 bits per heavy atom. The Labute approximate surface area is 69.1 Å². The minimum atomic E-state index is 0.0230. The molecule has 1 rings (SSSR count).